The first kappa shape index (κ1) is 49.7. The van der Waals surface area contributed by atoms with Gasteiger partial charge in [-0.2, -0.15) is 0 Å². The minimum Gasteiger partial charge on any atom is -0.450 e. The fraction of sp³-hybridized carbons (Fsp3) is 0.630. The summed E-state index contributed by atoms with van der Waals surface area (Å²) in [4.78, 5) is 38.3. The number of phosphoric acid groups is 1. The number of ketones is 1. The number of benzene rings is 2. The molecule has 0 spiro atoms. The van der Waals surface area contributed by atoms with Gasteiger partial charge in [0, 0.05) is 27.7 Å². The van der Waals surface area contributed by atoms with Crippen LogP contribution in [0.3, 0.4) is 0 Å². The highest BCUT2D eigenvalue weighted by molar-refractivity contribution is 7.48. The van der Waals surface area contributed by atoms with E-state index in [4.69, 9.17) is 55.7 Å². The number of esters is 2. The molecular formula is C46H65Cl2O11P. The number of hydrogen-bond acceptors (Lipinski definition) is 11. The van der Waals surface area contributed by atoms with Crippen LogP contribution in [0.25, 0.3) is 5.57 Å². The van der Waals surface area contributed by atoms with E-state index in [0.717, 1.165) is 19.3 Å². The number of halogens is 2. The van der Waals surface area contributed by atoms with Crippen LogP contribution >= 0.6 is 31.0 Å². The minimum atomic E-state index is -4.16. The number of carbonyl (C=O) groups excluding carboxylic acids is 3. The van der Waals surface area contributed by atoms with Crippen molar-refractivity contribution in [2.75, 3.05) is 13.2 Å². The Labute approximate surface area is 367 Å². The van der Waals surface area contributed by atoms with Crippen LogP contribution in [-0.2, 0) is 32.4 Å². The molecule has 0 saturated heterocycles. The highest BCUT2D eigenvalue weighted by Crippen LogP contribution is 2.51. The van der Waals surface area contributed by atoms with Crippen molar-refractivity contribution in [3.05, 3.63) is 62.6 Å². The molecule has 14 heteroatoms. The summed E-state index contributed by atoms with van der Waals surface area (Å²) < 4.78 is 53.6. The lowest BCUT2D eigenvalue weighted by Crippen LogP contribution is -2.39. The smallest absolute Gasteiger partial charge is 0.450 e. The van der Waals surface area contributed by atoms with Gasteiger partial charge >= 0.3 is 19.8 Å². The van der Waals surface area contributed by atoms with Gasteiger partial charge in [0.1, 0.15) is 17.2 Å². The highest BCUT2D eigenvalue weighted by Gasteiger charge is 2.38. The zero-order valence-corrected chi connectivity index (χ0v) is 39.0. The summed E-state index contributed by atoms with van der Waals surface area (Å²) in [6, 6.07) is 6.38. The molecule has 0 bridgehead atoms. The first-order chi connectivity index (χ1) is 28.4. The van der Waals surface area contributed by atoms with Crippen LogP contribution in [0.1, 0.15) is 189 Å². The molecule has 0 amide bonds. The molecule has 60 heavy (non-hydrogen) atoms. The summed E-state index contributed by atoms with van der Waals surface area (Å²) in [6.45, 7) is 11.5. The number of fused-ring (bicyclic) bond motifs is 2. The van der Waals surface area contributed by atoms with Gasteiger partial charge in [-0.15, -0.1) is 0 Å². The van der Waals surface area contributed by atoms with Gasteiger partial charge in [-0.25, -0.2) is 14.2 Å². The van der Waals surface area contributed by atoms with E-state index in [1.165, 1.54) is 90.9 Å². The quantitative estimate of drug-likeness (QED) is 0.0482. The van der Waals surface area contributed by atoms with Crippen molar-refractivity contribution in [3.63, 3.8) is 0 Å². The Kier molecular flexibility index (Phi) is 19.5. The van der Waals surface area contributed by atoms with Crippen LogP contribution < -0.4 is 9.47 Å². The summed E-state index contributed by atoms with van der Waals surface area (Å²) >= 11 is 13.4. The molecule has 2 aliphatic rings. The number of cyclic esters (lactones) is 2. The zero-order valence-electron chi connectivity index (χ0n) is 36.6. The molecule has 334 valence electrons. The summed E-state index contributed by atoms with van der Waals surface area (Å²) in [5, 5.41) is 0.308. The Morgan fingerprint density at radius 3 is 1.48 bits per heavy atom. The lowest BCUT2D eigenvalue weighted by atomic mass is 9.93. The van der Waals surface area contributed by atoms with Gasteiger partial charge in [-0.05, 0) is 67.7 Å². The van der Waals surface area contributed by atoms with E-state index in [0.29, 0.717) is 23.1 Å². The minimum absolute atomic E-state index is 0.103. The Bertz CT molecular complexity index is 1770. The number of hydrogen-bond donors (Lipinski definition) is 0. The monoisotopic (exact) mass is 894 g/mol. The fourth-order valence-corrected chi connectivity index (χ4v) is 8.99. The molecule has 2 aromatic rings. The van der Waals surface area contributed by atoms with Crippen molar-refractivity contribution in [1.29, 1.82) is 0 Å². The maximum Gasteiger partial charge on any atom is 0.475 e. The van der Waals surface area contributed by atoms with E-state index < -0.39 is 37.4 Å². The number of ether oxygens (including phenoxy) is 4. The topological polar surface area (TPSA) is 133 Å². The van der Waals surface area contributed by atoms with Gasteiger partial charge in [-0.3, -0.25) is 18.4 Å². The zero-order chi connectivity index (χ0) is 43.9. The molecule has 2 unspecified atom stereocenters. The maximum absolute atomic E-state index is 13.9. The van der Waals surface area contributed by atoms with E-state index in [1.54, 1.807) is 58.0 Å². The first-order valence-electron chi connectivity index (χ1n) is 21.7. The van der Waals surface area contributed by atoms with Crippen molar-refractivity contribution in [2.45, 2.75) is 175 Å². The largest absolute Gasteiger partial charge is 0.475 e. The van der Waals surface area contributed by atoms with Crippen molar-refractivity contribution in [2.24, 2.45) is 0 Å². The van der Waals surface area contributed by atoms with Gasteiger partial charge in [0.25, 0.3) is 0 Å². The molecule has 0 aromatic heterocycles. The summed E-state index contributed by atoms with van der Waals surface area (Å²) in [5.74, 6) is -3.69. The molecule has 2 aromatic carbocycles. The number of unbranched alkanes of at least 4 members (excludes halogenated alkanes) is 15. The second-order valence-electron chi connectivity index (χ2n) is 16.6. The lowest BCUT2D eigenvalue weighted by molar-refractivity contribution is -0.128. The second-order valence-corrected chi connectivity index (χ2v) is 19.1. The molecule has 0 aliphatic carbocycles. The van der Waals surface area contributed by atoms with Gasteiger partial charge in [0.05, 0.1) is 23.3 Å². The Hall–Kier alpha value is -2.92. The third kappa shape index (κ3) is 15.5. The normalized spacial score (nSPS) is 16.6. The summed E-state index contributed by atoms with van der Waals surface area (Å²) in [7, 11) is -4.16. The molecule has 0 radical (unpaired) electrons. The van der Waals surface area contributed by atoms with Crippen LogP contribution in [0.15, 0.2) is 30.3 Å². The number of carbonyl (C=O) groups is 3. The van der Waals surface area contributed by atoms with E-state index >= 15 is 0 Å². The molecule has 2 heterocycles. The van der Waals surface area contributed by atoms with Crippen molar-refractivity contribution < 1.29 is 51.5 Å². The van der Waals surface area contributed by atoms with E-state index in [-0.39, 0.29) is 58.1 Å². The number of rotatable bonds is 27. The van der Waals surface area contributed by atoms with Gasteiger partial charge in [0.15, 0.2) is 17.3 Å². The SMILES string of the molecule is CCCCCCCCCCCCCCCCCCOP(=O)(OCCC=C(c1cc(Cl)c2c(c1)C(=O)OC(C)(C)O2)c1cc(Cl)c2c(c1)C(=O)OC(C)(C)O2)OC(C)C(C)=O. The van der Waals surface area contributed by atoms with Crippen LogP contribution in [0.4, 0.5) is 0 Å². The molecule has 4 rings (SSSR count). The van der Waals surface area contributed by atoms with E-state index in [1.807, 2.05) is 0 Å². The first-order valence-corrected chi connectivity index (χ1v) is 24.0. The predicted molar refractivity (Wildman–Crippen MR) is 235 cm³/mol. The van der Waals surface area contributed by atoms with Crippen LogP contribution in [0.5, 0.6) is 11.5 Å². The lowest BCUT2D eigenvalue weighted by Gasteiger charge is -2.33. The molecule has 0 N–H and O–H groups in total. The standard InChI is InChI=1S/C46H65Cl2O11P/c1-8-9-10-11-12-13-14-15-16-17-18-19-20-21-22-23-26-53-60(52,59-33(3)32(2)49)54-27-24-25-36(34-28-37-41(39(47)30-34)55-45(4,5)57-43(37)50)35-29-38-42(40(48)31-35)56-46(6,7)58-44(38)51/h25,28-31,33H,8-24,26-27H2,1-7H3. The highest BCUT2D eigenvalue weighted by atomic mass is 35.5. The second kappa shape index (κ2) is 23.5. The fourth-order valence-electron chi connectivity index (χ4n) is 7.06. The van der Waals surface area contributed by atoms with Crippen molar-refractivity contribution >= 4 is 54.3 Å². The van der Waals surface area contributed by atoms with Crippen LogP contribution in [-0.4, -0.2) is 48.6 Å². The van der Waals surface area contributed by atoms with Crippen molar-refractivity contribution in [3.8, 4) is 11.5 Å². The third-order valence-corrected chi connectivity index (χ3v) is 12.5. The summed E-state index contributed by atoms with van der Waals surface area (Å²) in [5.41, 5.74) is 1.62. The average Bonchev–Trinajstić information content (AvgIpc) is 3.16. The molecular weight excluding hydrogens is 830 g/mol. The van der Waals surface area contributed by atoms with Crippen LogP contribution in [0, 0.1) is 0 Å². The molecule has 2 aliphatic heterocycles. The predicted octanol–water partition coefficient (Wildman–Crippen LogP) is 13.8. The number of Topliss-reactive ketones (excluding diaryl/α,β-unsaturated/α-hetero) is 1. The van der Waals surface area contributed by atoms with E-state index in [9.17, 15) is 18.9 Å². The molecule has 0 fully saturated rings. The maximum atomic E-state index is 13.9. The van der Waals surface area contributed by atoms with Crippen molar-refractivity contribution in [1.82, 2.24) is 0 Å². The van der Waals surface area contributed by atoms with Crippen LogP contribution in [0.2, 0.25) is 10.0 Å². The average molecular weight is 896 g/mol. The van der Waals surface area contributed by atoms with Gasteiger partial charge in [-0.1, -0.05) is 133 Å². The Morgan fingerprint density at radius 1 is 0.667 bits per heavy atom. The van der Waals surface area contributed by atoms with E-state index in [2.05, 4.69) is 6.92 Å². The molecule has 11 nitrogen and oxygen atoms in total. The number of phosphoric ester groups is 1. The Morgan fingerprint density at radius 2 is 1.07 bits per heavy atom. The third-order valence-electron chi connectivity index (χ3n) is 10.3. The molecule has 0 saturated carbocycles. The van der Waals surface area contributed by atoms with Gasteiger partial charge < -0.3 is 18.9 Å². The summed E-state index contributed by atoms with van der Waals surface area (Å²) in [6.07, 6.45) is 20.5. The Balaban J connectivity index is 1.39. The molecule has 2 atom stereocenters. The van der Waals surface area contributed by atoms with Gasteiger partial charge in [0.2, 0.25) is 11.6 Å².